The lowest BCUT2D eigenvalue weighted by Gasteiger charge is -2.40. The maximum atomic E-state index is 12.8. The van der Waals surface area contributed by atoms with Crippen molar-refractivity contribution in [2.75, 3.05) is 44.8 Å². The second kappa shape index (κ2) is 14.7. The number of nitrogens with zero attached hydrogens (tertiary/aromatic N) is 6. The van der Waals surface area contributed by atoms with Gasteiger partial charge in [0.2, 0.25) is 11.8 Å². The summed E-state index contributed by atoms with van der Waals surface area (Å²) in [5.41, 5.74) is 12.8. The third kappa shape index (κ3) is 9.29. The minimum Gasteiger partial charge on any atom is -0.487 e. The normalized spacial score (nSPS) is 18.2. The van der Waals surface area contributed by atoms with E-state index in [0.29, 0.717) is 35.0 Å². The fraction of sp³-hybridized carbons (Fsp3) is 0.464. The Morgan fingerprint density at radius 3 is 2.58 bits per heavy atom. The van der Waals surface area contributed by atoms with E-state index in [1.54, 1.807) is 25.1 Å². The fourth-order valence-electron chi connectivity index (χ4n) is 4.43. The van der Waals surface area contributed by atoms with E-state index in [0.717, 1.165) is 39.1 Å². The summed E-state index contributed by atoms with van der Waals surface area (Å²) in [4.78, 5) is 19.5. The van der Waals surface area contributed by atoms with Gasteiger partial charge in [-0.05, 0) is 37.5 Å². The minimum absolute atomic E-state index is 0.00927. The summed E-state index contributed by atoms with van der Waals surface area (Å²) in [6, 6.07) is 7.55. The molecule has 5 N–H and O–H groups in total. The summed E-state index contributed by atoms with van der Waals surface area (Å²) < 4.78 is 54.3. The van der Waals surface area contributed by atoms with Crippen LogP contribution in [0, 0.1) is 11.3 Å². The van der Waals surface area contributed by atoms with Gasteiger partial charge in [0.15, 0.2) is 6.61 Å². The van der Waals surface area contributed by atoms with Crippen LogP contribution < -0.4 is 21.5 Å². The quantitative estimate of drug-likeness (QED) is 0.187. The Labute approximate surface area is 247 Å². The maximum Gasteiger partial charge on any atom is 0.422 e. The maximum absolute atomic E-state index is 12.8. The van der Waals surface area contributed by atoms with E-state index in [1.165, 1.54) is 24.9 Å². The van der Waals surface area contributed by atoms with Crippen molar-refractivity contribution < 1.29 is 27.4 Å². The number of halogens is 3. The van der Waals surface area contributed by atoms with E-state index in [2.05, 4.69) is 36.2 Å². The van der Waals surface area contributed by atoms with Crippen molar-refractivity contribution in [2.45, 2.75) is 44.1 Å². The average molecular weight is 602 g/mol. The van der Waals surface area contributed by atoms with E-state index < -0.39 is 18.7 Å². The van der Waals surface area contributed by atoms with Crippen LogP contribution >= 0.6 is 0 Å². The Hall–Kier alpha value is -4.42. The first kappa shape index (κ1) is 31.5. The van der Waals surface area contributed by atoms with E-state index in [-0.39, 0.29) is 23.8 Å². The average Bonchev–Trinajstić information content (AvgIpc) is 2.96. The van der Waals surface area contributed by atoms with Gasteiger partial charge in [-0.25, -0.2) is 9.97 Å². The van der Waals surface area contributed by atoms with Crippen molar-refractivity contribution in [3.8, 4) is 22.9 Å². The largest absolute Gasteiger partial charge is 0.487 e. The third-order valence-electron chi connectivity index (χ3n) is 6.84. The van der Waals surface area contributed by atoms with Crippen molar-refractivity contribution in [3.63, 3.8) is 0 Å². The van der Waals surface area contributed by atoms with Gasteiger partial charge in [0.1, 0.15) is 23.6 Å². The topological polar surface area (TPSA) is 169 Å². The molecule has 3 heterocycles. The standard InChI is InChI=1S/C28H34F3N9O3/c1-18(10-35-17-33)43-25-8-19(2-3-20(25)9-32)21-11-37-27(38-12-21)39-24(26(34)42-16-28(29,30)31)13-36-22-4-6-40(7-5-22)23-14-41-15-23/h2-3,8,11-13,17-18,22-23H,4-7,10,14-16,34H2,1H3,(H2,33,35)(H,37,38,39)/b26-24-,36-13?/t18-/m0/s1. The molecule has 43 heavy (non-hydrogen) atoms. The highest BCUT2D eigenvalue weighted by molar-refractivity contribution is 5.83. The molecule has 0 spiro atoms. The van der Waals surface area contributed by atoms with E-state index >= 15 is 0 Å². The molecule has 2 aromatic rings. The molecule has 0 saturated carbocycles. The third-order valence-corrected chi connectivity index (χ3v) is 6.84. The SMILES string of the molecule is C[C@@H](CN=CN)Oc1cc(-c2cnc(N/C(C=NC3CCN(C4COC4)CC3)=C(/N)OCC(F)(F)F)nc2)ccc1C#N. The van der Waals surface area contributed by atoms with E-state index in [4.69, 9.17) is 25.7 Å². The molecule has 2 saturated heterocycles. The number of hydrogen-bond donors (Lipinski definition) is 3. The zero-order chi connectivity index (χ0) is 30.8. The van der Waals surface area contributed by atoms with Crippen LogP contribution in [0.1, 0.15) is 25.3 Å². The molecule has 4 rings (SSSR count). The van der Waals surface area contributed by atoms with Gasteiger partial charge in [0.25, 0.3) is 0 Å². The van der Waals surface area contributed by atoms with Crippen molar-refractivity contribution in [3.05, 3.63) is 47.7 Å². The van der Waals surface area contributed by atoms with Crippen LogP contribution in [0.25, 0.3) is 11.1 Å². The van der Waals surface area contributed by atoms with Crippen LogP contribution in [0.4, 0.5) is 19.1 Å². The molecular weight excluding hydrogens is 567 g/mol. The van der Waals surface area contributed by atoms with Gasteiger partial charge in [-0.2, -0.15) is 18.4 Å². The highest BCUT2D eigenvalue weighted by Gasteiger charge is 2.30. The highest BCUT2D eigenvalue weighted by Crippen LogP contribution is 2.28. The second-order valence-electron chi connectivity index (χ2n) is 10.1. The van der Waals surface area contributed by atoms with Gasteiger partial charge >= 0.3 is 6.18 Å². The molecule has 1 aromatic heterocycles. The van der Waals surface area contributed by atoms with Gasteiger partial charge in [-0.15, -0.1) is 0 Å². The molecule has 230 valence electrons. The van der Waals surface area contributed by atoms with Crippen molar-refractivity contribution >= 4 is 18.5 Å². The number of piperidine rings is 1. The molecule has 2 aliphatic heterocycles. The van der Waals surface area contributed by atoms with E-state index in [1.807, 2.05) is 0 Å². The summed E-state index contributed by atoms with van der Waals surface area (Å²) in [5, 5.41) is 12.3. The molecule has 2 aliphatic rings. The molecule has 0 amide bonds. The number of ether oxygens (including phenoxy) is 3. The zero-order valence-electron chi connectivity index (χ0n) is 23.6. The lowest BCUT2D eigenvalue weighted by molar-refractivity contribution is -0.165. The Morgan fingerprint density at radius 2 is 1.98 bits per heavy atom. The first-order chi connectivity index (χ1) is 20.6. The number of likely N-dealkylation sites (tertiary alicyclic amines) is 1. The predicted molar refractivity (Wildman–Crippen MR) is 154 cm³/mol. The van der Waals surface area contributed by atoms with Gasteiger partial charge in [-0.3, -0.25) is 14.9 Å². The highest BCUT2D eigenvalue weighted by atomic mass is 19.4. The second-order valence-corrected chi connectivity index (χ2v) is 10.1. The van der Waals surface area contributed by atoms with Gasteiger partial charge in [-0.1, -0.05) is 6.07 Å². The molecule has 0 radical (unpaired) electrons. The van der Waals surface area contributed by atoms with Crippen LogP contribution in [0.3, 0.4) is 0 Å². The van der Waals surface area contributed by atoms with Crippen LogP contribution in [0.5, 0.6) is 5.75 Å². The summed E-state index contributed by atoms with van der Waals surface area (Å²) in [7, 11) is 0. The molecule has 0 unspecified atom stereocenters. The molecule has 1 atom stereocenters. The van der Waals surface area contributed by atoms with Crippen molar-refractivity contribution in [2.24, 2.45) is 21.5 Å². The fourth-order valence-corrected chi connectivity index (χ4v) is 4.43. The number of alkyl halides is 3. The Bertz CT molecular complexity index is 1350. The Kier molecular flexibility index (Phi) is 10.7. The lowest BCUT2D eigenvalue weighted by Crippen LogP contribution is -2.52. The van der Waals surface area contributed by atoms with Gasteiger partial charge in [0, 0.05) is 31.0 Å². The number of aromatic nitrogens is 2. The predicted octanol–water partition coefficient (Wildman–Crippen LogP) is 2.82. The summed E-state index contributed by atoms with van der Waals surface area (Å²) in [6.45, 7) is 3.75. The van der Waals surface area contributed by atoms with Crippen LogP contribution in [-0.4, -0.2) is 91.2 Å². The monoisotopic (exact) mass is 601 g/mol. The molecule has 2 fully saturated rings. The van der Waals surface area contributed by atoms with Crippen LogP contribution in [0.2, 0.25) is 0 Å². The summed E-state index contributed by atoms with van der Waals surface area (Å²) in [6.07, 6.45) is 2.29. The zero-order valence-corrected chi connectivity index (χ0v) is 23.6. The number of benzene rings is 1. The van der Waals surface area contributed by atoms with Crippen LogP contribution in [0.15, 0.2) is 52.2 Å². The molecule has 1 aromatic carbocycles. The number of hydrogen-bond acceptors (Lipinski definition) is 11. The first-order valence-electron chi connectivity index (χ1n) is 13.7. The van der Waals surface area contributed by atoms with Crippen molar-refractivity contribution in [1.82, 2.24) is 14.9 Å². The number of nitriles is 1. The Balaban J connectivity index is 1.47. The summed E-state index contributed by atoms with van der Waals surface area (Å²) in [5.74, 6) is -0.0495. The molecular formula is C28H34F3N9O3. The molecule has 0 aliphatic carbocycles. The number of aliphatic imine (C=N–C) groups is 2. The number of allylic oxidation sites excluding steroid dienone is 1. The van der Waals surface area contributed by atoms with Crippen molar-refractivity contribution in [1.29, 1.82) is 5.26 Å². The van der Waals surface area contributed by atoms with E-state index in [9.17, 15) is 18.4 Å². The molecule has 12 nitrogen and oxygen atoms in total. The lowest BCUT2D eigenvalue weighted by atomic mass is 10.0. The minimum atomic E-state index is -4.57. The van der Waals surface area contributed by atoms with Gasteiger partial charge in [0.05, 0.1) is 50.0 Å². The molecule has 15 heteroatoms. The van der Waals surface area contributed by atoms with Gasteiger partial charge < -0.3 is 31.0 Å². The molecule has 0 bridgehead atoms. The number of nitrogens with one attached hydrogen (secondary N) is 1. The first-order valence-corrected chi connectivity index (χ1v) is 13.7. The number of anilines is 1. The number of rotatable bonds is 12. The smallest absolute Gasteiger partial charge is 0.422 e. The van der Waals surface area contributed by atoms with Crippen LogP contribution in [-0.2, 0) is 9.47 Å². The Morgan fingerprint density at radius 1 is 1.26 bits per heavy atom. The summed E-state index contributed by atoms with van der Waals surface area (Å²) >= 11 is 0. The number of nitrogens with two attached hydrogens (primary N) is 2.